The Kier molecular flexibility index (Phi) is 5.51. The van der Waals surface area contributed by atoms with Crippen LogP contribution in [0.1, 0.15) is 18.1 Å². The molecular formula is C17H17BrFNO. The van der Waals surface area contributed by atoms with E-state index in [1.807, 2.05) is 31.2 Å². The lowest BCUT2D eigenvalue weighted by Gasteiger charge is -2.14. The lowest BCUT2D eigenvalue weighted by Crippen LogP contribution is -2.35. The Morgan fingerprint density at radius 1 is 1.10 bits per heavy atom. The molecular weight excluding hydrogens is 333 g/mol. The van der Waals surface area contributed by atoms with Crippen molar-refractivity contribution in [2.24, 2.45) is 0 Å². The van der Waals surface area contributed by atoms with Gasteiger partial charge in [-0.2, -0.15) is 0 Å². The number of benzene rings is 2. The van der Waals surface area contributed by atoms with Crippen molar-refractivity contribution in [1.29, 1.82) is 0 Å². The van der Waals surface area contributed by atoms with Gasteiger partial charge in [0.05, 0.1) is 6.42 Å². The van der Waals surface area contributed by atoms with Crippen LogP contribution in [0.15, 0.2) is 53.0 Å². The van der Waals surface area contributed by atoms with Gasteiger partial charge in [-0.1, -0.05) is 40.2 Å². The Labute approximate surface area is 132 Å². The zero-order valence-electron chi connectivity index (χ0n) is 11.8. The molecule has 0 radical (unpaired) electrons. The van der Waals surface area contributed by atoms with Crippen molar-refractivity contribution in [2.75, 3.05) is 0 Å². The average Bonchev–Trinajstić information content (AvgIpc) is 2.44. The van der Waals surface area contributed by atoms with Gasteiger partial charge < -0.3 is 5.32 Å². The molecule has 0 bridgehead atoms. The molecule has 0 aliphatic rings. The summed E-state index contributed by atoms with van der Waals surface area (Å²) in [6.45, 7) is 1.98. The SMILES string of the molecule is C[C@@H](Cc1ccc(Br)cc1)NC(=O)Cc1ccc(F)cc1. The number of carbonyl (C=O) groups excluding carboxylic acids is 1. The lowest BCUT2D eigenvalue weighted by atomic mass is 10.1. The van der Waals surface area contributed by atoms with Gasteiger partial charge in [0.1, 0.15) is 5.82 Å². The van der Waals surface area contributed by atoms with Crippen LogP contribution in [-0.2, 0) is 17.6 Å². The van der Waals surface area contributed by atoms with Crippen molar-refractivity contribution >= 4 is 21.8 Å². The van der Waals surface area contributed by atoms with Gasteiger partial charge >= 0.3 is 0 Å². The van der Waals surface area contributed by atoms with Crippen LogP contribution in [-0.4, -0.2) is 11.9 Å². The standard InChI is InChI=1S/C17H17BrFNO/c1-12(10-13-2-6-15(18)7-3-13)20-17(21)11-14-4-8-16(19)9-5-14/h2-9,12H,10-11H2,1H3,(H,20,21)/t12-/m0/s1. The van der Waals surface area contributed by atoms with Crippen LogP contribution >= 0.6 is 15.9 Å². The molecule has 2 aromatic carbocycles. The maximum Gasteiger partial charge on any atom is 0.224 e. The van der Waals surface area contributed by atoms with E-state index in [2.05, 4.69) is 21.2 Å². The second-order valence-electron chi connectivity index (χ2n) is 5.10. The molecule has 2 nitrogen and oxygen atoms in total. The minimum Gasteiger partial charge on any atom is -0.353 e. The maximum absolute atomic E-state index is 12.8. The van der Waals surface area contributed by atoms with Crippen LogP contribution in [0.4, 0.5) is 4.39 Å². The first kappa shape index (κ1) is 15.7. The van der Waals surface area contributed by atoms with E-state index in [4.69, 9.17) is 0 Å². The first-order valence-corrected chi connectivity index (χ1v) is 7.60. The summed E-state index contributed by atoms with van der Waals surface area (Å²) in [7, 11) is 0. The summed E-state index contributed by atoms with van der Waals surface area (Å²) >= 11 is 3.40. The molecule has 0 fully saturated rings. The molecule has 0 aliphatic heterocycles. The molecule has 1 N–H and O–H groups in total. The molecule has 0 heterocycles. The van der Waals surface area contributed by atoms with Gasteiger partial charge in [0.15, 0.2) is 0 Å². The van der Waals surface area contributed by atoms with E-state index in [1.54, 1.807) is 12.1 Å². The number of carbonyl (C=O) groups is 1. The molecule has 0 aromatic heterocycles. The minimum absolute atomic E-state index is 0.0498. The van der Waals surface area contributed by atoms with Crippen molar-refractivity contribution in [1.82, 2.24) is 5.32 Å². The third-order valence-corrected chi connectivity index (χ3v) is 3.67. The second kappa shape index (κ2) is 7.36. The summed E-state index contributed by atoms with van der Waals surface area (Å²) in [5.41, 5.74) is 1.98. The molecule has 2 aromatic rings. The van der Waals surface area contributed by atoms with Gasteiger partial charge in [-0.15, -0.1) is 0 Å². The minimum atomic E-state index is -0.289. The predicted octanol–water partition coefficient (Wildman–Crippen LogP) is 3.88. The number of hydrogen-bond donors (Lipinski definition) is 1. The molecule has 0 saturated carbocycles. The zero-order chi connectivity index (χ0) is 15.2. The molecule has 110 valence electrons. The molecule has 1 atom stereocenters. The molecule has 1 amide bonds. The third-order valence-electron chi connectivity index (χ3n) is 3.14. The van der Waals surface area contributed by atoms with Crippen molar-refractivity contribution in [3.05, 3.63) is 69.9 Å². The smallest absolute Gasteiger partial charge is 0.224 e. The quantitative estimate of drug-likeness (QED) is 0.871. The fraction of sp³-hybridized carbons (Fsp3) is 0.235. The monoisotopic (exact) mass is 349 g/mol. The lowest BCUT2D eigenvalue weighted by molar-refractivity contribution is -0.121. The molecule has 0 aliphatic carbocycles. The first-order chi connectivity index (χ1) is 10.0. The predicted molar refractivity (Wildman–Crippen MR) is 85.6 cm³/mol. The summed E-state index contributed by atoms with van der Waals surface area (Å²) in [6.07, 6.45) is 1.05. The van der Waals surface area contributed by atoms with E-state index in [-0.39, 0.29) is 24.2 Å². The van der Waals surface area contributed by atoms with Crippen LogP contribution in [0.25, 0.3) is 0 Å². The van der Waals surface area contributed by atoms with E-state index in [9.17, 15) is 9.18 Å². The fourth-order valence-corrected chi connectivity index (χ4v) is 2.40. The second-order valence-corrected chi connectivity index (χ2v) is 6.02. The highest BCUT2D eigenvalue weighted by atomic mass is 79.9. The van der Waals surface area contributed by atoms with Gasteiger partial charge in [-0.3, -0.25) is 4.79 Å². The Hall–Kier alpha value is -1.68. The fourth-order valence-electron chi connectivity index (χ4n) is 2.14. The van der Waals surface area contributed by atoms with E-state index in [0.717, 1.165) is 16.5 Å². The Morgan fingerprint density at radius 3 is 2.29 bits per heavy atom. The van der Waals surface area contributed by atoms with Gasteiger partial charge in [0.2, 0.25) is 5.91 Å². The van der Waals surface area contributed by atoms with Crippen LogP contribution < -0.4 is 5.32 Å². The summed E-state index contributed by atoms with van der Waals surface area (Å²) in [4.78, 5) is 11.9. The van der Waals surface area contributed by atoms with Gasteiger partial charge in [0, 0.05) is 10.5 Å². The largest absolute Gasteiger partial charge is 0.353 e. The van der Waals surface area contributed by atoms with E-state index >= 15 is 0 Å². The summed E-state index contributed by atoms with van der Waals surface area (Å²) in [6, 6.07) is 14.1. The highest BCUT2D eigenvalue weighted by molar-refractivity contribution is 9.10. The first-order valence-electron chi connectivity index (χ1n) is 6.81. The average molecular weight is 350 g/mol. The van der Waals surface area contributed by atoms with Crippen LogP contribution in [0, 0.1) is 5.82 Å². The molecule has 21 heavy (non-hydrogen) atoms. The van der Waals surface area contributed by atoms with Gasteiger partial charge in [-0.05, 0) is 48.7 Å². The summed E-state index contributed by atoms with van der Waals surface area (Å²) in [5.74, 6) is -0.339. The Bertz CT molecular complexity index is 595. The third kappa shape index (κ3) is 5.31. The number of amides is 1. The Morgan fingerprint density at radius 2 is 1.67 bits per heavy atom. The summed E-state index contributed by atoms with van der Waals surface area (Å²) in [5, 5.41) is 2.96. The van der Waals surface area contributed by atoms with Gasteiger partial charge in [-0.25, -0.2) is 4.39 Å². The number of rotatable bonds is 5. The van der Waals surface area contributed by atoms with Crippen molar-refractivity contribution in [3.8, 4) is 0 Å². The summed E-state index contributed by atoms with van der Waals surface area (Å²) < 4.78 is 13.8. The van der Waals surface area contributed by atoms with Gasteiger partial charge in [0.25, 0.3) is 0 Å². The molecule has 0 spiro atoms. The van der Waals surface area contributed by atoms with Crippen LogP contribution in [0.3, 0.4) is 0 Å². The maximum atomic E-state index is 12.8. The van der Waals surface area contributed by atoms with E-state index in [0.29, 0.717) is 0 Å². The molecule has 4 heteroatoms. The topological polar surface area (TPSA) is 29.1 Å². The zero-order valence-corrected chi connectivity index (χ0v) is 13.4. The van der Waals surface area contributed by atoms with Crippen LogP contribution in [0.5, 0.6) is 0 Å². The number of nitrogens with one attached hydrogen (secondary N) is 1. The van der Waals surface area contributed by atoms with E-state index < -0.39 is 0 Å². The number of hydrogen-bond acceptors (Lipinski definition) is 1. The van der Waals surface area contributed by atoms with Crippen molar-refractivity contribution in [2.45, 2.75) is 25.8 Å². The highest BCUT2D eigenvalue weighted by Gasteiger charge is 2.09. The molecule has 2 rings (SSSR count). The van der Waals surface area contributed by atoms with Crippen molar-refractivity contribution < 1.29 is 9.18 Å². The molecule has 0 unspecified atom stereocenters. The number of halogens is 2. The Balaban J connectivity index is 1.84. The highest BCUT2D eigenvalue weighted by Crippen LogP contribution is 2.12. The van der Waals surface area contributed by atoms with Crippen molar-refractivity contribution in [3.63, 3.8) is 0 Å². The van der Waals surface area contributed by atoms with Crippen LogP contribution in [0.2, 0.25) is 0 Å². The normalized spacial score (nSPS) is 12.0. The van der Waals surface area contributed by atoms with E-state index in [1.165, 1.54) is 17.7 Å². The molecule has 0 saturated heterocycles.